The second kappa shape index (κ2) is 6.74. The van der Waals surface area contributed by atoms with Crippen LogP contribution in [-0.2, 0) is 12.3 Å². The molecule has 0 unspecified atom stereocenters. The number of halogens is 3. The minimum atomic E-state index is -2.83. The third kappa shape index (κ3) is 3.24. The van der Waals surface area contributed by atoms with E-state index in [0.29, 0.717) is 23.2 Å². The smallest absolute Gasteiger partial charge is 0.273 e. The van der Waals surface area contributed by atoms with Gasteiger partial charge in [0.05, 0.1) is 23.7 Å². The van der Waals surface area contributed by atoms with Crippen molar-refractivity contribution in [2.75, 3.05) is 5.32 Å². The van der Waals surface area contributed by atoms with E-state index in [-0.39, 0.29) is 23.4 Å². The van der Waals surface area contributed by atoms with E-state index in [1.54, 1.807) is 12.1 Å². The van der Waals surface area contributed by atoms with Crippen molar-refractivity contribution in [1.82, 2.24) is 9.97 Å². The fraction of sp³-hybridized carbons (Fsp3) is 0.190. The zero-order chi connectivity index (χ0) is 19.9. The van der Waals surface area contributed by atoms with Crippen LogP contribution in [-0.4, -0.2) is 15.9 Å². The van der Waals surface area contributed by atoms with Crippen molar-refractivity contribution in [2.45, 2.75) is 25.7 Å². The number of benzene rings is 2. The van der Waals surface area contributed by atoms with Gasteiger partial charge in [-0.3, -0.25) is 9.78 Å². The molecule has 1 aromatic heterocycles. The van der Waals surface area contributed by atoms with Crippen LogP contribution in [0.25, 0.3) is 11.3 Å². The van der Waals surface area contributed by atoms with Crippen LogP contribution in [0.4, 0.5) is 19.0 Å². The normalized spacial score (nSPS) is 14.6. The van der Waals surface area contributed by atoms with Crippen molar-refractivity contribution in [3.05, 3.63) is 76.9 Å². The van der Waals surface area contributed by atoms with Crippen LogP contribution in [0, 0.1) is 12.7 Å². The SMILES string of the molecule is Cc1cc2c(cc1-c1cnc(NC(=O)c3ccccc3F)cn1)C(F)(F)CC2. The Hall–Kier alpha value is -3.22. The minimum absolute atomic E-state index is 0.0341. The van der Waals surface area contributed by atoms with Crippen LogP contribution in [0.2, 0.25) is 0 Å². The molecule has 0 bridgehead atoms. The van der Waals surface area contributed by atoms with Crippen molar-refractivity contribution in [3.8, 4) is 11.3 Å². The number of anilines is 1. The number of rotatable bonds is 3. The predicted molar refractivity (Wildman–Crippen MR) is 98.8 cm³/mol. The van der Waals surface area contributed by atoms with Gasteiger partial charge in [-0.1, -0.05) is 18.2 Å². The highest BCUT2D eigenvalue weighted by Gasteiger charge is 2.39. The van der Waals surface area contributed by atoms with Crippen LogP contribution < -0.4 is 5.32 Å². The molecule has 142 valence electrons. The number of nitrogens with zero attached hydrogens (tertiary/aromatic N) is 2. The molecule has 0 saturated heterocycles. The molecular weight excluding hydrogens is 367 g/mol. The summed E-state index contributed by atoms with van der Waals surface area (Å²) >= 11 is 0. The maximum Gasteiger partial charge on any atom is 0.273 e. The lowest BCUT2D eigenvalue weighted by Crippen LogP contribution is -2.14. The van der Waals surface area contributed by atoms with Crippen LogP contribution in [0.3, 0.4) is 0 Å². The number of aryl methyl sites for hydroxylation is 2. The average molecular weight is 383 g/mol. The Morgan fingerprint density at radius 2 is 1.93 bits per heavy atom. The number of carbonyl (C=O) groups is 1. The molecule has 3 aromatic rings. The Morgan fingerprint density at radius 3 is 2.64 bits per heavy atom. The molecule has 0 aliphatic heterocycles. The largest absolute Gasteiger partial charge is 0.305 e. The molecule has 4 nitrogen and oxygen atoms in total. The lowest BCUT2D eigenvalue weighted by Gasteiger charge is -2.13. The van der Waals surface area contributed by atoms with Gasteiger partial charge in [0.2, 0.25) is 0 Å². The lowest BCUT2D eigenvalue weighted by atomic mass is 9.98. The molecular formula is C21H16F3N3O. The predicted octanol–water partition coefficient (Wildman–Crippen LogP) is 4.88. The summed E-state index contributed by atoms with van der Waals surface area (Å²) in [7, 11) is 0. The third-order valence-electron chi connectivity index (χ3n) is 4.84. The quantitative estimate of drug-likeness (QED) is 0.701. The number of nitrogens with one attached hydrogen (secondary N) is 1. The van der Waals surface area contributed by atoms with Crippen molar-refractivity contribution in [3.63, 3.8) is 0 Å². The first kappa shape index (κ1) is 18.2. The topological polar surface area (TPSA) is 54.9 Å². The molecule has 1 amide bonds. The van der Waals surface area contributed by atoms with Gasteiger partial charge in [-0.15, -0.1) is 0 Å². The van der Waals surface area contributed by atoms with Gasteiger partial charge in [-0.05, 0) is 42.7 Å². The molecule has 1 aliphatic carbocycles. The number of alkyl halides is 2. The summed E-state index contributed by atoms with van der Waals surface area (Å²) in [6.45, 7) is 1.83. The lowest BCUT2D eigenvalue weighted by molar-refractivity contribution is -0.00181. The van der Waals surface area contributed by atoms with Gasteiger partial charge in [0.25, 0.3) is 11.8 Å². The second-order valence-corrected chi connectivity index (χ2v) is 6.75. The first-order chi connectivity index (χ1) is 13.3. The number of aromatic nitrogens is 2. The summed E-state index contributed by atoms with van der Waals surface area (Å²) < 4.78 is 41.8. The van der Waals surface area contributed by atoms with Crippen molar-refractivity contribution in [1.29, 1.82) is 0 Å². The van der Waals surface area contributed by atoms with E-state index in [4.69, 9.17) is 0 Å². The molecule has 0 atom stereocenters. The number of hydrogen-bond donors (Lipinski definition) is 1. The third-order valence-corrected chi connectivity index (χ3v) is 4.84. The molecule has 1 heterocycles. The van der Waals surface area contributed by atoms with Crippen LogP contribution >= 0.6 is 0 Å². The maximum absolute atomic E-state index is 14.1. The highest BCUT2D eigenvalue weighted by atomic mass is 19.3. The Kier molecular flexibility index (Phi) is 4.37. The van der Waals surface area contributed by atoms with Gasteiger partial charge in [0, 0.05) is 17.5 Å². The van der Waals surface area contributed by atoms with Crippen molar-refractivity contribution >= 4 is 11.7 Å². The number of hydrogen-bond acceptors (Lipinski definition) is 3. The maximum atomic E-state index is 14.1. The van der Waals surface area contributed by atoms with E-state index in [2.05, 4.69) is 15.3 Å². The van der Waals surface area contributed by atoms with Gasteiger partial charge in [0.15, 0.2) is 5.82 Å². The summed E-state index contributed by atoms with van der Waals surface area (Å²) in [5, 5.41) is 2.47. The highest BCUT2D eigenvalue weighted by Crippen LogP contribution is 2.43. The van der Waals surface area contributed by atoms with E-state index in [1.807, 2.05) is 6.92 Å². The van der Waals surface area contributed by atoms with E-state index >= 15 is 0 Å². The molecule has 1 N–H and O–H groups in total. The fourth-order valence-corrected chi connectivity index (χ4v) is 3.38. The van der Waals surface area contributed by atoms with E-state index < -0.39 is 17.6 Å². The minimum Gasteiger partial charge on any atom is -0.305 e. The molecule has 7 heteroatoms. The van der Waals surface area contributed by atoms with Gasteiger partial charge >= 0.3 is 0 Å². The highest BCUT2D eigenvalue weighted by molar-refractivity contribution is 6.03. The standard InChI is InChI=1S/C21H16F3N3O/c1-12-8-13-6-7-21(23,24)16(13)9-15(12)18-10-26-19(11-25-18)27-20(28)14-4-2-3-5-17(14)22/h2-5,8-11H,6-7H2,1H3,(H,26,27,28). The fourth-order valence-electron chi connectivity index (χ4n) is 3.38. The van der Waals surface area contributed by atoms with Crippen LogP contribution in [0.5, 0.6) is 0 Å². The first-order valence-electron chi connectivity index (χ1n) is 8.75. The van der Waals surface area contributed by atoms with Gasteiger partial charge < -0.3 is 5.32 Å². The molecule has 1 aliphatic rings. The van der Waals surface area contributed by atoms with Crippen LogP contribution in [0.15, 0.2) is 48.8 Å². The number of fused-ring (bicyclic) bond motifs is 1. The van der Waals surface area contributed by atoms with E-state index in [1.165, 1.54) is 36.7 Å². The first-order valence-corrected chi connectivity index (χ1v) is 8.75. The monoisotopic (exact) mass is 383 g/mol. The van der Waals surface area contributed by atoms with Crippen LogP contribution in [0.1, 0.15) is 33.5 Å². The summed E-state index contributed by atoms with van der Waals surface area (Å²) in [5.41, 5.74) is 2.41. The molecule has 2 aromatic carbocycles. The second-order valence-electron chi connectivity index (χ2n) is 6.75. The molecule has 28 heavy (non-hydrogen) atoms. The van der Waals surface area contributed by atoms with Crippen molar-refractivity contribution in [2.24, 2.45) is 0 Å². The summed E-state index contributed by atoms with van der Waals surface area (Å²) in [4.78, 5) is 20.5. The number of amides is 1. The Balaban J connectivity index is 1.59. The molecule has 4 rings (SSSR count). The zero-order valence-corrected chi connectivity index (χ0v) is 15.0. The van der Waals surface area contributed by atoms with E-state index in [0.717, 1.165) is 5.56 Å². The molecule has 0 saturated carbocycles. The molecule has 0 spiro atoms. The van der Waals surface area contributed by atoms with E-state index in [9.17, 15) is 18.0 Å². The number of carbonyl (C=O) groups excluding carboxylic acids is 1. The average Bonchev–Trinajstić information content (AvgIpc) is 2.96. The van der Waals surface area contributed by atoms with Crippen molar-refractivity contribution < 1.29 is 18.0 Å². The van der Waals surface area contributed by atoms with Gasteiger partial charge in [-0.2, -0.15) is 0 Å². The Labute approximate surface area is 159 Å². The molecule has 0 radical (unpaired) electrons. The van der Waals surface area contributed by atoms with Gasteiger partial charge in [0.1, 0.15) is 5.82 Å². The summed E-state index contributed by atoms with van der Waals surface area (Å²) in [6.07, 6.45) is 2.89. The summed E-state index contributed by atoms with van der Waals surface area (Å²) in [6, 6.07) is 8.83. The summed E-state index contributed by atoms with van der Waals surface area (Å²) in [5.74, 6) is -3.98. The van der Waals surface area contributed by atoms with Gasteiger partial charge in [-0.25, -0.2) is 18.2 Å². The molecule has 0 fully saturated rings. The Bertz CT molecular complexity index is 1060. The Morgan fingerprint density at radius 1 is 1.14 bits per heavy atom. The zero-order valence-electron chi connectivity index (χ0n) is 15.0.